The average Bonchev–Trinajstić information content (AvgIpc) is 2.57. The smallest absolute Gasteiger partial charge is 0.303 e. The number of Topliss-reactive ketones (excluding diaryl/α,β-unsaturated/α-hetero) is 1. The first kappa shape index (κ1) is 30.8. The van der Waals surface area contributed by atoms with Crippen molar-refractivity contribution in [2.24, 2.45) is 10.8 Å². The number of ketones is 1. The summed E-state index contributed by atoms with van der Waals surface area (Å²) < 4.78 is 12.8. The highest BCUT2D eigenvalue weighted by Crippen LogP contribution is 2.43. The van der Waals surface area contributed by atoms with Gasteiger partial charge in [0.1, 0.15) is 5.78 Å². The number of hydrogen-bond acceptors (Lipinski definition) is 4. The van der Waals surface area contributed by atoms with Gasteiger partial charge in [-0.15, -0.1) is 0 Å². The molecule has 0 saturated heterocycles. The normalized spacial score (nSPS) is 15.3. The van der Waals surface area contributed by atoms with E-state index in [0.29, 0.717) is 19.3 Å². The molecular formula is C27H50O5. The van der Waals surface area contributed by atoms with E-state index in [1.807, 2.05) is 48.5 Å². The van der Waals surface area contributed by atoms with Crippen LogP contribution in [0.1, 0.15) is 115 Å². The van der Waals surface area contributed by atoms with Crippen molar-refractivity contribution in [3.05, 3.63) is 12.2 Å². The Morgan fingerprint density at radius 1 is 0.844 bits per heavy atom. The van der Waals surface area contributed by atoms with Gasteiger partial charge in [-0.05, 0) is 72.8 Å². The summed E-state index contributed by atoms with van der Waals surface area (Å²) in [5.74, 6) is -0.560. The highest BCUT2D eigenvalue weighted by Gasteiger charge is 2.43. The molecule has 0 aromatic rings. The van der Waals surface area contributed by atoms with Gasteiger partial charge >= 0.3 is 5.97 Å². The zero-order valence-corrected chi connectivity index (χ0v) is 22.7. The maximum absolute atomic E-state index is 12.3. The van der Waals surface area contributed by atoms with Crippen molar-refractivity contribution in [3.63, 3.8) is 0 Å². The number of rotatable bonds is 14. The van der Waals surface area contributed by atoms with Crippen LogP contribution in [-0.4, -0.2) is 40.3 Å². The maximum Gasteiger partial charge on any atom is 0.303 e. The molecule has 0 aliphatic carbocycles. The number of carbonyl (C=O) groups is 2. The lowest BCUT2D eigenvalue weighted by Gasteiger charge is -2.47. The summed E-state index contributed by atoms with van der Waals surface area (Å²) in [7, 11) is 0. The Hall–Kier alpha value is -1.20. The number of hydrogen-bond donors (Lipinski definition) is 1. The minimum atomic E-state index is -0.798. The van der Waals surface area contributed by atoms with E-state index in [-0.39, 0.29) is 40.8 Å². The van der Waals surface area contributed by atoms with Gasteiger partial charge in [-0.3, -0.25) is 9.59 Å². The summed E-state index contributed by atoms with van der Waals surface area (Å²) >= 11 is 0. The van der Waals surface area contributed by atoms with E-state index >= 15 is 0 Å². The van der Waals surface area contributed by atoms with Crippen LogP contribution >= 0.6 is 0 Å². The quantitative estimate of drug-likeness (QED) is 0.287. The fraction of sp³-hybridized carbons (Fsp3) is 0.852. The number of carboxylic acids is 1. The molecule has 32 heavy (non-hydrogen) atoms. The van der Waals surface area contributed by atoms with E-state index in [1.54, 1.807) is 0 Å². The molecule has 0 saturated carbocycles. The van der Waals surface area contributed by atoms with Gasteiger partial charge in [0.25, 0.3) is 0 Å². The lowest BCUT2D eigenvalue weighted by molar-refractivity contribution is -0.142. The second-order valence-corrected chi connectivity index (χ2v) is 12.1. The van der Waals surface area contributed by atoms with Crippen molar-refractivity contribution in [2.75, 3.05) is 0 Å². The molecule has 0 aromatic heterocycles. The minimum Gasteiger partial charge on any atom is -0.481 e. The first-order valence-corrected chi connectivity index (χ1v) is 12.0. The molecule has 0 rings (SSSR count). The number of carboxylic acid groups (broad SMARTS) is 1. The van der Waals surface area contributed by atoms with Crippen molar-refractivity contribution in [1.29, 1.82) is 0 Å². The van der Waals surface area contributed by atoms with Gasteiger partial charge in [-0.25, -0.2) is 0 Å². The van der Waals surface area contributed by atoms with Crippen molar-refractivity contribution in [3.8, 4) is 0 Å². The molecule has 0 amide bonds. The van der Waals surface area contributed by atoms with Crippen molar-refractivity contribution >= 4 is 11.8 Å². The van der Waals surface area contributed by atoms with Gasteiger partial charge in [-0.2, -0.15) is 0 Å². The molecule has 188 valence electrons. The summed E-state index contributed by atoms with van der Waals surface area (Å²) in [6, 6.07) is 0. The molecule has 0 spiro atoms. The van der Waals surface area contributed by atoms with E-state index in [2.05, 4.69) is 34.3 Å². The standard InChI is InChI=1S/C27H50O5/c1-19(20(2)31-25(6,7)8)26(9,10)27(11,12)32-21(16-14-18-23(29)30)15-13-17-22(28)24(3,4)5/h20-21H,1,13-18H2,2-12H3,(H,29,30). The molecule has 2 unspecified atom stereocenters. The van der Waals surface area contributed by atoms with Crippen LogP contribution in [0.5, 0.6) is 0 Å². The second kappa shape index (κ2) is 11.8. The SMILES string of the molecule is C=C(C(C)OC(C)(C)C)C(C)(C)C(C)(C)OC(CCCC(=O)O)CCCC(=O)C(C)(C)C. The highest BCUT2D eigenvalue weighted by atomic mass is 16.5. The van der Waals surface area contributed by atoms with Crippen LogP contribution < -0.4 is 0 Å². The van der Waals surface area contributed by atoms with Crippen LogP contribution in [0.4, 0.5) is 0 Å². The number of aliphatic carboxylic acids is 1. The van der Waals surface area contributed by atoms with Crippen LogP contribution in [0.25, 0.3) is 0 Å². The minimum absolute atomic E-state index is 0.119. The number of ether oxygens (including phenoxy) is 2. The third-order valence-electron chi connectivity index (χ3n) is 6.47. The predicted molar refractivity (Wildman–Crippen MR) is 132 cm³/mol. The molecule has 0 fully saturated rings. The third-order valence-corrected chi connectivity index (χ3v) is 6.47. The molecule has 0 aromatic carbocycles. The number of carbonyl (C=O) groups excluding carboxylic acids is 1. The van der Waals surface area contributed by atoms with Crippen LogP contribution in [0.3, 0.4) is 0 Å². The van der Waals surface area contributed by atoms with Gasteiger partial charge in [-0.1, -0.05) is 41.2 Å². The monoisotopic (exact) mass is 454 g/mol. The van der Waals surface area contributed by atoms with Crippen molar-refractivity contribution in [1.82, 2.24) is 0 Å². The van der Waals surface area contributed by atoms with Gasteiger partial charge in [0.2, 0.25) is 0 Å². The maximum atomic E-state index is 12.3. The molecule has 0 heterocycles. The van der Waals surface area contributed by atoms with E-state index in [9.17, 15) is 9.59 Å². The fourth-order valence-electron chi connectivity index (χ4n) is 3.67. The van der Waals surface area contributed by atoms with E-state index < -0.39 is 11.6 Å². The Labute approximate surface area is 197 Å². The van der Waals surface area contributed by atoms with Crippen LogP contribution in [-0.2, 0) is 19.1 Å². The molecule has 0 radical (unpaired) electrons. The average molecular weight is 455 g/mol. The van der Waals surface area contributed by atoms with Crippen molar-refractivity contribution < 1.29 is 24.2 Å². The lowest BCUT2D eigenvalue weighted by Crippen LogP contribution is -2.48. The molecule has 5 nitrogen and oxygen atoms in total. The van der Waals surface area contributed by atoms with Crippen LogP contribution in [0.2, 0.25) is 0 Å². The molecule has 2 atom stereocenters. The summed E-state index contributed by atoms with van der Waals surface area (Å²) in [4.78, 5) is 23.3. The van der Waals surface area contributed by atoms with Crippen LogP contribution in [0, 0.1) is 10.8 Å². The third kappa shape index (κ3) is 10.6. The van der Waals surface area contributed by atoms with Crippen molar-refractivity contribution in [2.45, 2.75) is 138 Å². The summed E-state index contributed by atoms with van der Waals surface area (Å²) in [5.41, 5.74) is -0.597. The Balaban J connectivity index is 5.37. The fourth-order valence-corrected chi connectivity index (χ4v) is 3.67. The van der Waals surface area contributed by atoms with Crippen LogP contribution in [0.15, 0.2) is 12.2 Å². The summed E-state index contributed by atoms with van der Waals surface area (Å²) in [5, 5.41) is 9.04. The van der Waals surface area contributed by atoms with Gasteiger partial charge in [0.05, 0.1) is 23.4 Å². The molecule has 5 heteroatoms. The Morgan fingerprint density at radius 3 is 1.72 bits per heavy atom. The Morgan fingerprint density at radius 2 is 1.31 bits per heavy atom. The largest absolute Gasteiger partial charge is 0.481 e. The topological polar surface area (TPSA) is 72.8 Å². The Bertz CT molecular complexity index is 631. The second-order valence-electron chi connectivity index (χ2n) is 12.1. The van der Waals surface area contributed by atoms with E-state index in [4.69, 9.17) is 14.6 Å². The zero-order chi connectivity index (χ0) is 25.5. The summed E-state index contributed by atoms with van der Waals surface area (Å²) in [6.07, 6.45) is 3.02. The predicted octanol–water partition coefficient (Wildman–Crippen LogP) is 6.98. The molecule has 1 N–H and O–H groups in total. The van der Waals surface area contributed by atoms with E-state index in [1.165, 1.54) is 0 Å². The van der Waals surface area contributed by atoms with Gasteiger partial charge in [0.15, 0.2) is 0 Å². The van der Waals surface area contributed by atoms with Gasteiger partial charge < -0.3 is 14.6 Å². The molecule has 0 bridgehead atoms. The zero-order valence-electron chi connectivity index (χ0n) is 22.7. The molecule has 0 aliphatic rings. The highest BCUT2D eigenvalue weighted by molar-refractivity contribution is 5.83. The Kier molecular flexibility index (Phi) is 11.3. The first-order valence-electron chi connectivity index (χ1n) is 12.0. The first-order chi connectivity index (χ1) is 14.2. The molecule has 0 aliphatic heterocycles. The van der Waals surface area contributed by atoms with E-state index in [0.717, 1.165) is 18.4 Å². The summed E-state index contributed by atoms with van der Waals surface area (Å²) in [6.45, 7) is 26.6. The van der Waals surface area contributed by atoms with Gasteiger partial charge in [0, 0.05) is 23.7 Å². The molecular weight excluding hydrogens is 404 g/mol. The lowest BCUT2D eigenvalue weighted by atomic mass is 9.70.